The van der Waals surface area contributed by atoms with Crippen LogP contribution in [0.3, 0.4) is 0 Å². The van der Waals surface area contributed by atoms with Crippen LogP contribution in [0.5, 0.6) is 5.75 Å². The van der Waals surface area contributed by atoms with Crippen LogP contribution in [0.15, 0.2) is 29.2 Å². The van der Waals surface area contributed by atoms with Crippen LogP contribution < -0.4 is 9.46 Å². The summed E-state index contributed by atoms with van der Waals surface area (Å²) in [5.41, 5.74) is 0. The number of nitrogens with one attached hydrogen (secondary N) is 1. The quantitative estimate of drug-likeness (QED) is 0.790. The van der Waals surface area contributed by atoms with Gasteiger partial charge >= 0.3 is 0 Å². The van der Waals surface area contributed by atoms with Crippen molar-refractivity contribution < 1.29 is 18.3 Å². The van der Waals surface area contributed by atoms with E-state index in [1.54, 1.807) is 19.1 Å². The van der Waals surface area contributed by atoms with E-state index in [0.29, 0.717) is 12.2 Å². The highest BCUT2D eigenvalue weighted by molar-refractivity contribution is 7.89. The van der Waals surface area contributed by atoms with Crippen molar-refractivity contribution in [3.05, 3.63) is 24.3 Å². The average molecular weight is 259 g/mol. The lowest BCUT2D eigenvalue weighted by Gasteiger charge is -2.14. The lowest BCUT2D eigenvalue weighted by molar-refractivity contribution is 0.254. The monoisotopic (exact) mass is 259 g/mol. The van der Waals surface area contributed by atoms with E-state index in [9.17, 15) is 8.42 Å². The highest BCUT2D eigenvalue weighted by Crippen LogP contribution is 2.15. The molecule has 6 heteroatoms. The molecule has 0 fully saturated rings. The first kappa shape index (κ1) is 14.0. The first-order valence-electron chi connectivity index (χ1n) is 5.30. The molecule has 17 heavy (non-hydrogen) atoms. The normalized spacial score (nSPS) is 13.4. The summed E-state index contributed by atoms with van der Waals surface area (Å²) in [6.45, 7) is 1.59. The molecule has 0 radical (unpaired) electrons. The third-order valence-corrected chi connectivity index (χ3v) is 3.94. The summed E-state index contributed by atoms with van der Waals surface area (Å²) in [5.74, 6) is 0.596. The van der Waals surface area contributed by atoms with E-state index in [2.05, 4.69) is 4.72 Å². The number of sulfonamides is 1. The lowest BCUT2D eigenvalue weighted by Crippen LogP contribution is -2.36. The molecule has 1 rings (SSSR count). The predicted molar refractivity (Wildman–Crippen MR) is 64.5 cm³/mol. The number of ether oxygens (including phenoxy) is 1. The number of rotatable bonds is 6. The van der Waals surface area contributed by atoms with Gasteiger partial charge in [-0.15, -0.1) is 0 Å². The Bertz CT molecular complexity index is 437. The summed E-state index contributed by atoms with van der Waals surface area (Å²) >= 11 is 0. The minimum Gasteiger partial charge on any atom is -0.497 e. The van der Waals surface area contributed by atoms with Crippen molar-refractivity contribution in [3.8, 4) is 5.75 Å². The minimum absolute atomic E-state index is 0.158. The Balaban J connectivity index is 2.89. The number of hydrogen-bond donors (Lipinski definition) is 2. The van der Waals surface area contributed by atoms with Crippen molar-refractivity contribution in [3.63, 3.8) is 0 Å². The summed E-state index contributed by atoms with van der Waals surface area (Å²) < 4.78 is 31.2. The number of aliphatic hydroxyl groups is 1. The van der Waals surface area contributed by atoms with Gasteiger partial charge in [0.25, 0.3) is 0 Å². The molecule has 1 aromatic carbocycles. The summed E-state index contributed by atoms with van der Waals surface area (Å²) in [4.78, 5) is 0.158. The van der Waals surface area contributed by atoms with Crippen molar-refractivity contribution in [2.75, 3.05) is 13.7 Å². The Kier molecular flexibility index (Phi) is 4.92. The van der Waals surface area contributed by atoms with Gasteiger partial charge in [0.15, 0.2) is 0 Å². The Morgan fingerprint density at radius 2 is 1.94 bits per heavy atom. The van der Waals surface area contributed by atoms with Crippen LogP contribution in [0.4, 0.5) is 0 Å². The molecule has 0 saturated carbocycles. The van der Waals surface area contributed by atoms with Gasteiger partial charge in [-0.05, 0) is 30.7 Å². The fraction of sp³-hybridized carbons (Fsp3) is 0.455. The average Bonchev–Trinajstić information content (AvgIpc) is 2.36. The molecule has 0 saturated heterocycles. The van der Waals surface area contributed by atoms with Gasteiger partial charge in [0.2, 0.25) is 10.0 Å². The third kappa shape index (κ3) is 3.69. The van der Waals surface area contributed by atoms with E-state index in [4.69, 9.17) is 9.84 Å². The van der Waals surface area contributed by atoms with Crippen LogP contribution in [0.25, 0.3) is 0 Å². The molecule has 0 spiro atoms. The van der Waals surface area contributed by atoms with E-state index in [1.165, 1.54) is 19.2 Å². The molecule has 0 aromatic heterocycles. The zero-order valence-electron chi connectivity index (χ0n) is 9.88. The molecule has 0 aliphatic heterocycles. The molecule has 0 aliphatic carbocycles. The van der Waals surface area contributed by atoms with Crippen molar-refractivity contribution in [1.29, 1.82) is 0 Å². The van der Waals surface area contributed by atoms with Crippen molar-refractivity contribution in [1.82, 2.24) is 4.72 Å². The van der Waals surface area contributed by atoms with Crippen LogP contribution >= 0.6 is 0 Å². The molecule has 0 bridgehead atoms. The maximum atomic E-state index is 11.9. The first-order chi connectivity index (χ1) is 8.03. The predicted octanol–water partition coefficient (Wildman–Crippen LogP) is 0.744. The molecular weight excluding hydrogens is 242 g/mol. The molecular formula is C11H17NO4S. The largest absolute Gasteiger partial charge is 0.497 e. The number of benzene rings is 1. The minimum atomic E-state index is -3.57. The van der Waals surface area contributed by atoms with E-state index in [1.807, 2.05) is 0 Å². The van der Waals surface area contributed by atoms with Crippen LogP contribution in [0, 0.1) is 0 Å². The summed E-state index contributed by atoms with van der Waals surface area (Å²) in [7, 11) is -2.06. The summed E-state index contributed by atoms with van der Waals surface area (Å²) in [5, 5.41) is 8.97. The van der Waals surface area contributed by atoms with E-state index in [-0.39, 0.29) is 11.5 Å². The Morgan fingerprint density at radius 1 is 1.35 bits per heavy atom. The second-order valence-electron chi connectivity index (χ2n) is 3.58. The van der Waals surface area contributed by atoms with Crippen molar-refractivity contribution in [2.24, 2.45) is 0 Å². The van der Waals surface area contributed by atoms with Gasteiger partial charge < -0.3 is 9.84 Å². The van der Waals surface area contributed by atoms with Crippen molar-refractivity contribution in [2.45, 2.75) is 24.3 Å². The van der Waals surface area contributed by atoms with Gasteiger partial charge in [0.1, 0.15) is 5.75 Å². The molecule has 1 aromatic rings. The fourth-order valence-electron chi connectivity index (χ4n) is 1.29. The highest BCUT2D eigenvalue weighted by atomic mass is 32.2. The fourth-order valence-corrected chi connectivity index (χ4v) is 2.60. The number of methoxy groups -OCH3 is 1. The smallest absolute Gasteiger partial charge is 0.240 e. The van der Waals surface area contributed by atoms with Gasteiger partial charge in [-0.25, -0.2) is 13.1 Å². The maximum Gasteiger partial charge on any atom is 0.240 e. The zero-order chi connectivity index (χ0) is 12.9. The number of aliphatic hydroxyl groups excluding tert-OH is 1. The SMILES string of the molecule is CC[C@@H](CO)NS(=O)(=O)c1ccc(OC)cc1. The van der Waals surface area contributed by atoms with Crippen LogP contribution in [-0.4, -0.2) is 33.3 Å². The van der Waals surface area contributed by atoms with E-state index >= 15 is 0 Å². The van der Waals surface area contributed by atoms with Crippen LogP contribution in [0.1, 0.15) is 13.3 Å². The molecule has 5 nitrogen and oxygen atoms in total. The standard InChI is InChI=1S/C11H17NO4S/c1-3-9(8-13)12-17(14,15)11-6-4-10(16-2)5-7-11/h4-7,9,12-13H,3,8H2,1-2H3/t9-/m0/s1. The molecule has 0 unspecified atom stereocenters. The summed E-state index contributed by atoms with van der Waals surface area (Å²) in [6.07, 6.45) is 0.534. The first-order valence-corrected chi connectivity index (χ1v) is 6.79. The van der Waals surface area contributed by atoms with Crippen molar-refractivity contribution >= 4 is 10.0 Å². The van der Waals surface area contributed by atoms with Crippen LogP contribution in [-0.2, 0) is 10.0 Å². The molecule has 2 N–H and O–H groups in total. The van der Waals surface area contributed by atoms with Gasteiger partial charge in [-0.2, -0.15) is 0 Å². The second-order valence-corrected chi connectivity index (χ2v) is 5.30. The molecule has 1 atom stereocenters. The Morgan fingerprint density at radius 3 is 2.35 bits per heavy atom. The van der Waals surface area contributed by atoms with E-state index < -0.39 is 16.1 Å². The second kappa shape index (κ2) is 6.00. The molecule has 0 aliphatic rings. The number of hydrogen-bond acceptors (Lipinski definition) is 4. The van der Waals surface area contributed by atoms with Gasteiger partial charge in [0, 0.05) is 6.04 Å². The highest BCUT2D eigenvalue weighted by Gasteiger charge is 2.18. The Labute approximate surface area is 101 Å². The van der Waals surface area contributed by atoms with Gasteiger partial charge in [-0.1, -0.05) is 6.92 Å². The van der Waals surface area contributed by atoms with Gasteiger partial charge in [0.05, 0.1) is 18.6 Å². The zero-order valence-corrected chi connectivity index (χ0v) is 10.7. The van der Waals surface area contributed by atoms with E-state index in [0.717, 1.165) is 0 Å². The van der Waals surface area contributed by atoms with Crippen LogP contribution in [0.2, 0.25) is 0 Å². The molecule has 96 valence electrons. The molecule has 0 heterocycles. The topological polar surface area (TPSA) is 75.6 Å². The third-order valence-electron chi connectivity index (χ3n) is 2.40. The van der Waals surface area contributed by atoms with Gasteiger partial charge in [-0.3, -0.25) is 0 Å². The lowest BCUT2D eigenvalue weighted by atomic mass is 10.3. The Hall–Kier alpha value is -1.11. The molecule has 0 amide bonds. The summed E-state index contributed by atoms with van der Waals surface area (Å²) in [6, 6.07) is 5.63. The maximum absolute atomic E-state index is 11.9.